The average Bonchev–Trinajstić information content (AvgIpc) is 3.15. The molecule has 3 rings (SSSR count). The first-order chi connectivity index (χ1) is 11.7. The van der Waals surface area contributed by atoms with Crippen LogP contribution >= 0.6 is 0 Å². The Kier molecular flexibility index (Phi) is 4.44. The quantitative estimate of drug-likeness (QED) is 0.764. The molecule has 0 atom stereocenters. The third-order valence-electron chi connectivity index (χ3n) is 3.10. The number of hydrogen-bond donors (Lipinski definition) is 1. The number of rotatable bonds is 5. The van der Waals surface area contributed by atoms with Crippen LogP contribution in [0.2, 0.25) is 0 Å². The van der Waals surface area contributed by atoms with Crippen LogP contribution in [0.4, 0.5) is 5.69 Å². The van der Waals surface area contributed by atoms with Gasteiger partial charge in [0.25, 0.3) is 5.91 Å². The van der Waals surface area contributed by atoms with E-state index >= 15 is 0 Å². The van der Waals surface area contributed by atoms with Crippen molar-refractivity contribution >= 4 is 11.6 Å². The summed E-state index contributed by atoms with van der Waals surface area (Å²) >= 11 is 0. The Labute approximate surface area is 137 Å². The molecule has 8 heteroatoms. The molecular weight excluding hydrogens is 308 g/mol. The van der Waals surface area contributed by atoms with Gasteiger partial charge < -0.3 is 10.1 Å². The Bertz CT molecular complexity index is 868. The molecule has 3 aromatic rings. The number of nitrogens with one attached hydrogen (secondary N) is 1. The number of anilines is 1. The SMILES string of the molecule is N#Cc1ccc(OCC(=O)Nc2cccc(-n3cnnn3)c2)cc1. The summed E-state index contributed by atoms with van der Waals surface area (Å²) in [6.45, 7) is -0.138. The zero-order valence-electron chi connectivity index (χ0n) is 12.5. The maximum Gasteiger partial charge on any atom is 0.262 e. The fourth-order valence-corrected chi connectivity index (χ4v) is 1.98. The lowest BCUT2D eigenvalue weighted by molar-refractivity contribution is -0.118. The highest BCUT2D eigenvalue weighted by atomic mass is 16.5. The Hall–Kier alpha value is -3.73. The molecule has 0 aliphatic heterocycles. The highest BCUT2D eigenvalue weighted by Gasteiger charge is 2.06. The fraction of sp³-hybridized carbons (Fsp3) is 0.0625. The molecule has 1 N–H and O–H groups in total. The molecule has 1 amide bonds. The average molecular weight is 320 g/mol. The van der Waals surface area contributed by atoms with Crippen LogP contribution in [0, 0.1) is 11.3 Å². The van der Waals surface area contributed by atoms with E-state index in [1.807, 2.05) is 12.1 Å². The molecule has 0 bridgehead atoms. The molecule has 0 fully saturated rings. The third-order valence-corrected chi connectivity index (χ3v) is 3.10. The lowest BCUT2D eigenvalue weighted by atomic mass is 10.2. The molecule has 0 spiro atoms. The molecule has 0 aliphatic rings. The first-order valence-corrected chi connectivity index (χ1v) is 7.01. The highest BCUT2D eigenvalue weighted by Crippen LogP contribution is 2.14. The number of nitrogens with zero attached hydrogens (tertiary/aromatic N) is 5. The summed E-state index contributed by atoms with van der Waals surface area (Å²) in [6.07, 6.45) is 1.47. The number of carbonyl (C=O) groups is 1. The van der Waals surface area contributed by atoms with E-state index < -0.39 is 0 Å². The van der Waals surface area contributed by atoms with Gasteiger partial charge in [-0.15, -0.1) is 5.10 Å². The Morgan fingerprint density at radius 1 is 1.25 bits per heavy atom. The standard InChI is InChI=1S/C16H12N6O2/c17-9-12-4-6-15(7-5-12)24-10-16(23)19-13-2-1-3-14(8-13)22-11-18-20-21-22/h1-8,11H,10H2,(H,19,23). The minimum atomic E-state index is -0.298. The second-order valence-corrected chi connectivity index (χ2v) is 4.78. The molecule has 1 aromatic heterocycles. The number of aromatic nitrogens is 4. The van der Waals surface area contributed by atoms with Gasteiger partial charge in [0, 0.05) is 5.69 Å². The highest BCUT2D eigenvalue weighted by molar-refractivity contribution is 5.92. The molecule has 118 valence electrons. The van der Waals surface area contributed by atoms with Crippen LogP contribution in [0.15, 0.2) is 54.9 Å². The second kappa shape index (κ2) is 7.02. The predicted octanol–water partition coefficient (Wildman–Crippen LogP) is 1.55. The van der Waals surface area contributed by atoms with Gasteiger partial charge in [-0.1, -0.05) is 6.07 Å². The van der Waals surface area contributed by atoms with Crippen LogP contribution in [0.3, 0.4) is 0 Å². The van der Waals surface area contributed by atoms with Crippen molar-refractivity contribution in [1.29, 1.82) is 5.26 Å². The van der Waals surface area contributed by atoms with Gasteiger partial charge in [-0.25, -0.2) is 4.68 Å². The Balaban J connectivity index is 1.58. The zero-order chi connectivity index (χ0) is 16.8. The predicted molar refractivity (Wildman–Crippen MR) is 84.4 cm³/mol. The number of hydrogen-bond acceptors (Lipinski definition) is 6. The summed E-state index contributed by atoms with van der Waals surface area (Å²) in [7, 11) is 0. The zero-order valence-corrected chi connectivity index (χ0v) is 12.5. The Morgan fingerprint density at radius 2 is 2.08 bits per heavy atom. The van der Waals surface area contributed by atoms with Crippen molar-refractivity contribution in [2.75, 3.05) is 11.9 Å². The van der Waals surface area contributed by atoms with Gasteiger partial charge in [-0.2, -0.15) is 5.26 Å². The first kappa shape index (κ1) is 15.2. The van der Waals surface area contributed by atoms with E-state index in [9.17, 15) is 4.79 Å². The summed E-state index contributed by atoms with van der Waals surface area (Å²) in [6, 6.07) is 15.7. The Morgan fingerprint density at radius 3 is 2.79 bits per heavy atom. The van der Waals surface area contributed by atoms with E-state index in [2.05, 4.69) is 20.8 Å². The van der Waals surface area contributed by atoms with Crippen molar-refractivity contribution in [1.82, 2.24) is 20.2 Å². The van der Waals surface area contributed by atoms with Crippen LogP contribution in [0.5, 0.6) is 5.75 Å². The summed E-state index contributed by atoms with van der Waals surface area (Å²) in [4.78, 5) is 12.0. The van der Waals surface area contributed by atoms with Crippen molar-refractivity contribution in [3.05, 3.63) is 60.4 Å². The molecule has 1 heterocycles. The van der Waals surface area contributed by atoms with Gasteiger partial charge in [-0.3, -0.25) is 4.79 Å². The van der Waals surface area contributed by atoms with Gasteiger partial charge in [-0.05, 0) is 52.9 Å². The van der Waals surface area contributed by atoms with Gasteiger partial charge >= 0.3 is 0 Å². The van der Waals surface area contributed by atoms with E-state index in [0.29, 0.717) is 17.0 Å². The molecule has 2 aromatic carbocycles. The summed E-state index contributed by atoms with van der Waals surface area (Å²) in [5, 5.41) is 22.4. The normalized spacial score (nSPS) is 9.96. The van der Waals surface area contributed by atoms with Crippen molar-refractivity contribution in [3.63, 3.8) is 0 Å². The fourth-order valence-electron chi connectivity index (χ4n) is 1.98. The largest absolute Gasteiger partial charge is 0.484 e. The first-order valence-electron chi connectivity index (χ1n) is 7.01. The van der Waals surface area contributed by atoms with Crippen molar-refractivity contribution in [2.45, 2.75) is 0 Å². The smallest absolute Gasteiger partial charge is 0.262 e. The number of tetrazole rings is 1. The summed E-state index contributed by atoms with van der Waals surface area (Å²) in [5.74, 6) is 0.222. The number of carbonyl (C=O) groups excluding carboxylic acids is 1. The number of ether oxygens (including phenoxy) is 1. The maximum atomic E-state index is 12.0. The minimum Gasteiger partial charge on any atom is -0.484 e. The molecule has 0 radical (unpaired) electrons. The summed E-state index contributed by atoms with van der Waals surface area (Å²) < 4.78 is 6.87. The second-order valence-electron chi connectivity index (χ2n) is 4.78. The topological polar surface area (TPSA) is 106 Å². The van der Waals surface area contributed by atoms with E-state index in [1.54, 1.807) is 42.5 Å². The monoisotopic (exact) mass is 320 g/mol. The van der Waals surface area contributed by atoms with Crippen LogP contribution in [0.25, 0.3) is 5.69 Å². The number of benzene rings is 2. The van der Waals surface area contributed by atoms with Gasteiger partial charge in [0.15, 0.2) is 6.61 Å². The molecule has 24 heavy (non-hydrogen) atoms. The van der Waals surface area contributed by atoms with Crippen molar-refractivity contribution in [2.24, 2.45) is 0 Å². The van der Waals surface area contributed by atoms with E-state index in [0.717, 1.165) is 5.69 Å². The molecule has 0 saturated carbocycles. The van der Waals surface area contributed by atoms with Crippen LogP contribution in [-0.2, 0) is 4.79 Å². The van der Waals surface area contributed by atoms with E-state index in [4.69, 9.17) is 10.00 Å². The summed E-state index contributed by atoms with van der Waals surface area (Å²) in [5.41, 5.74) is 1.87. The molecule has 0 aliphatic carbocycles. The van der Waals surface area contributed by atoms with Crippen LogP contribution < -0.4 is 10.1 Å². The lowest BCUT2D eigenvalue weighted by Crippen LogP contribution is -2.20. The molecular formula is C16H12N6O2. The van der Waals surface area contributed by atoms with Gasteiger partial charge in [0.2, 0.25) is 0 Å². The van der Waals surface area contributed by atoms with E-state index in [1.165, 1.54) is 11.0 Å². The van der Waals surface area contributed by atoms with Crippen molar-refractivity contribution in [3.8, 4) is 17.5 Å². The van der Waals surface area contributed by atoms with Gasteiger partial charge in [0.1, 0.15) is 12.1 Å². The number of nitriles is 1. The minimum absolute atomic E-state index is 0.138. The van der Waals surface area contributed by atoms with Gasteiger partial charge in [0.05, 0.1) is 17.3 Å². The maximum absolute atomic E-state index is 12.0. The molecule has 0 unspecified atom stereocenters. The van der Waals surface area contributed by atoms with E-state index in [-0.39, 0.29) is 12.5 Å². The number of amides is 1. The van der Waals surface area contributed by atoms with Crippen LogP contribution in [-0.4, -0.2) is 32.7 Å². The molecule has 8 nitrogen and oxygen atoms in total. The third kappa shape index (κ3) is 3.72. The lowest BCUT2D eigenvalue weighted by Gasteiger charge is -2.08. The molecule has 0 saturated heterocycles. The van der Waals surface area contributed by atoms with Crippen LogP contribution in [0.1, 0.15) is 5.56 Å². The van der Waals surface area contributed by atoms with Crippen molar-refractivity contribution < 1.29 is 9.53 Å².